The summed E-state index contributed by atoms with van der Waals surface area (Å²) in [6, 6.07) is 3.06. The zero-order chi connectivity index (χ0) is 11.8. The summed E-state index contributed by atoms with van der Waals surface area (Å²) in [7, 11) is 0. The number of alkyl halides is 3. The van der Waals surface area contributed by atoms with Crippen LogP contribution in [0.25, 0.3) is 11.5 Å². The highest BCUT2D eigenvalue weighted by Gasteiger charge is 2.29. The Kier molecular flexibility index (Phi) is 2.45. The lowest BCUT2D eigenvalue weighted by Gasteiger charge is -2.07. The van der Waals surface area contributed by atoms with Crippen LogP contribution in [-0.4, -0.2) is 21.1 Å². The van der Waals surface area contributed by atoms with Gasteiger partial charge in [0.15, 0.2) is 5.76 Å². The van der Waals surface area contributed by atoms with Crippen molar-refractivity contribution >= 4 is 0 Å². The molecule has 0 N–H and O–H groups in total. The summed E-state index contributed by atoms with van der Waals surface area (Å²) in [5.41, 5.74) is 0.767. The summed E-state index contributed by atoms with van der Waals surface area (Å²) in [5, 5.41) is 7.27. The smallest absolute Gasteiger partial charge is 0.355 e. The van der Waals surface area contributed by atoms with Gasteiger partial charge in [0.1, 0.15) is 12.2 Å². The standard InChI is InChI=1S/C9H8F3N3O/c1-6-4-7(8-2-3-13-16-8)14-15(6)5-9(10,11)12/h2-4H,5H2,1H3. The van der Waals surface area contributed by atoms with E-state index in [9.17, 15) is 13.2 Å². The average Bonchev–Trinajstić information content (AvgIpc) is 2.73. The third kappa shape index (κ3) is 2.23. The van der Waals surface area contributed by atoms with Gasteiger partial charge in [-0.15, -0.1) is 0 Å². The highest BCUT2D eigenvalue weighted by Crippen LogP contribution is 2.22. The number of rotatable bonds is 2. The Morgan fingerprint density at radius 1 is 1.44 bits per heavy atom. The molecule has 16 heavy (non-hydrogen) atoms. The molecule has 2 aromatic rings. The molecule has 7 heteroatoms. The molecule has 0 saturated heterocycles. The van der Waals surface area contributed by atoms with Crippen LogP contribution in [-0.2, 0) is 6.54 Å². The SMILES string of the molecule is Cc1cc(-c2ccno2)nn1CC(F)(F)F. The number of hydrogen-bond donors (Lipinski definition) is 0. The van der Waals surface area contributed by atoms with Crippen LogP contribution in [0.1, 0.15) is 5.69 Å². The molecule has 0 aromatic carbocycles. The maximum Gasteiger partial charge on any atom is 0.408 e. The quantitative estimate of drug-likeness (QED) is 0.797. The molecular weight excluding hydrogens is 223 g/mol. The summed E-state index contributed by atoms with van der Waals surface area (Å²) < 4.78 is 42.2. The topological polar surface area (TPSA) is 43.9 Å². The van der Waals surface area contributed by atoms with Crippen LogP contribution in [0, 0.1) is 6.92 Å². The van der Waals surface area contributed by atoms with Crippen molar-refractivity contribution in [1.82, 2.24) is 14.9 Å². The van der Waals surface area contributed by atoms with Gasteiger partial charge in [-0.2, -0.15) is 18.3 Å². The summed E-state index contributed by atoms with van der Waals surface area (Å²) in [4.78, 5) is 0. The van der Waals surface area contributed by atoms with Gasteiger partial charge in [0, 0.05) is 11.8 Å². The third-order valence-corrected chi connectivity index (χ3v) is 2.00. The van der Waals surface area contributed by atoms with Gasteiger partial charge >= 0.3 is 6.18 Å². The Balaban J connectivity index is 2.29. The van der Waals surface area contributed by atoms with Crippen molar-refractivity contribution in [2.75, 3.05) is 0 Å². The lowest BCUT2D eigenvalue weighted by molar-refractivity contribution is -0.142. The van der Waals surface area contributed by atoms with Crippen molar-refractivity contribution in [2.45, 2.75) is 19.6 Å². The summed E-state index contributed by atoms with van der Waals surface area (Å²) in [6.45, 7) is 0.450. The number of nitrogens with zero attached hydrogens (tertiary/aromatic N) is 3. The number of hydrogen-bond acceptors (Lipinski definition) is 3. The van der Waals surface area contributed by atoms with E-state index in [0.29, 0.717) is 17.1 Å². The molecule has 0 aliphatic carbocycles. The lowest BCUT2D eigenvalue weighted by atomic mass is 10.3. The Morgan fingerprint density at radius 2 is 2.19 bits per heavy atom. The van der Waals surface area contributed by atoms with Crippen molar-refractivity contribution in [2.24, 2.45) is 0 Å². The van der Waals surface area contributed by atoms with Crippen LogP contribution in [0.5, 0.6) is 0 Å². The van der Waals surface area contributed by atoms with Crippen LogP contribution in [0.2, 0.25) is 0 Å². The molecule has 0 bridgehead atoms. The fourth-order valence-electron chi connectivity index (χ4n) is 1.31. The van der Waals surface area contributed by atoms with Crippen molar-refractivity contribution in [3.05, 3.63) is 24.0 Å². The van der Waals surface area contributed by atoms with Gasteiger partial charge in [-0.1, -0.05) is 5.16 Å². The second-order valence-corrected chi connectivity index (χ2v) is 3.32. The van der Waals surface area contributed by atoms with Crippen LogP contribution >= 0.6 is 0 Å². The second-order valence-electron chi connectivity index (χ2n) is 3.32. The molecule has 86 valence electrons. The first-order valence-electron chi connectivity index (χ1n) is 4.48. The molecule has 0 aliphatic heterocycles. The average molecular weight is 231 g/mol. The van der Waals surface area contributed by atoms with E-state index in [1.54, 1.807) is 13.0 Å². The molecule has 0 unspecified atom stereocenters. The van der Waals surface area contributed by atoms with E-state index >= 15 is 0 Å². The Hall–Kier alpha value is -1.79. The van der Waals surface area contributed by atoms with Crippen molar-refractivity contribution in [3.63, 3.8) is 0 Å². The van der Waals surface area contributed by atoms with E-state index in [-0.39, 0.29) is 0 Å². The van der Waals surface area contributed by atoms with E-state index in [2.05, 4.69) is 10.3 Å². The van der Waals surface area contributed by atoms with Gasteiger partial charge in [-0.05, 0) is 13.0 Å². The van der Waals surface area contributed by atoms with Gasteiger partial charge in [-0.3, -0.25) is 4.68 Å². The highest BCUT2D eigenvalue weighted by atomic mass is 19.4. The molecule has 0 atom stereocenters. The van der Waals surface area contributed by atoms with Crippen LogP contribution in [0.4, 0.5) is 13.2 Å². The molecule has 0 radical (unpaired) electrons. The molecule has 0 amide bonds. The minimum absolute atomic E-state index is 0.347. The van der Waals surface area contributed by atoms with Crippen molar-refractivity contribution in [1.29, 1.82) is 0 Å². The second kappa shape index (κ2) is 3.66. The molecular formula is C9H8F3N3O. The molecule has 2 rings (SSSR count). The summed E-state index contributed by atoms with van der Waals surface area (Å²) in [6.07, 6.45) is -2.87. The number of halogens is 3. The zero-order valence-electron chi connectivity index (χ0n) is 8.32. The number of aryl methyl sites for hydroxylation is 1. The monoisotopic (exact) mass is 231 g/mol. The fourth-order valence-corrected chi connectivity index (χ4v) is 1.31. The van der Waals surface area contributed by atoms with Gasteiger partial charge in [0.05, 0.1) is 6.20 Å². The van der Waals surface area contributed by atoms with Gasteiger partial charge in [0.2, 0.25) is 0 Å². The summed E-state index contributed by atoms with van der Waals surface area (Å²) in [5.74, 6) is 0.351. The van der Waals surface area contributed by atoms with Crippen molar-refractivity contribution < 1.29 is 17.7 Å². The van der Waals surface area contributed by atoms with E-state index in [4.69, 9.17) is 4.52 Å². The Morgan fingerprint density at radius 3 is 2.75 bits per heavy atom. The number of aromatic nitrogens is 3. The molecule has 0 fully saturated rings. The minimum atomic E-state index is -4.28. The van der Waals surface area contributed by atoms with E-state index in [1.165, 1.54) is 12.3 Å². The molecule has 0 spiro atoms. The molecule has 4 nitrogen and oxygen atoms in total. The lowest BCUT2D eigenvalue weighted by Crippen LogP contribution is -2.19. The van der Waals surface area contributed by atoms with Crippen LogP contribution in [0.3, 0.4) is 0 Å². The molecule has 0 aliphatic rings. The largest absolute Gasteiger partial charge is 0.408 e. The van der Waals surface area contributed by atoms with E-state index < -0.39 is 12.7 Å². The first-order chi connectivity index (χ1) is 7.46. The summed E-state index contributed by atoms with van der Waals surface area (Å²) >= 11 is 0. The Bertz CT molecular complexity index is 473. The highest BCUT2D eigenvalue weighted by molar-refractivity contribution is 5.51. The molecule has 0 saturated carbocycles. The maximum atomic E-state index is 12.2. The first kappa shape index (κ1) is 10.7. The van der Waals surface area contributed by atoms with Crippen LogP contribution < -0.4 is 0 Å². The first-order valence-corrected chi connectivity index (χ1v) is 4.48. The zero-order valence-corrected chi connectivity index (χ0v) is 8.32. The predicted octanol–water partition coefficient (Wildman–Crippen LogP) is 2.41. The molecule has 2 heterocycles. The maximum absolute atomic E-state index is 12.2. The normalized spacial score (nSPS) is 12.0. The van der Waals surface area contributed by atoms with E-state index in [0.717, 1.165) is 4.68 Å². The van der Waals surface area contributed by atoms with Gasteiger partial charge < -0.3 is 4.52 Å². The predicted molar refractivity (Wildman–Crippen MR) is 48.5 cm³/mol. The Labute approximate surface area is 88.7 Å². The molecule has 2 aromatic heterocycles. The van der Waals surface area contributed by atoms with Crippen LogP contribution in [0.15, 0.2) is 22.9 Å². The van der Waals surface area contributed by atoms with E-state index in [1.807, 2.05) is 0 Å². The van der Waals surface area contributed by atoms with Gasteiger partial charge in [-0.25, -0.2) is 0 Å². The minimum Gasteiger partial charge on any atom is -0.355 e. The third-order valence-electron chi connectivity index (χ3n) is 2.00. The van der Waals surface area contributed by atoms with Gasteiger partial charge in [0.25, 0.3) is 0 Å². The fraction of sp³-hybridized carbons (Fsp3) is 0.333. The van der Waals surface area contributed by atoms with Crippen molar-refractivity contribution in [3.8, 4) is 11.5 Å².